The van der Waals surface area contributed by atoms with Gasteiger partial charge in [0.2, 0.25) is 0 Å². The molecule has 1 aliphatic rings. The van der Waals surface area contributed by atoms with Crippen molar-refractivity contribution in [2.45, 2.75) is 93.5 Å². The van der Waals surface area contributed by atoms with Crippen LogP contribution in [0.15, 0.2) is 18.2 Å². The number of imidazole rings is 1. The van der Waals surface area contributed by atoms with Gasteiger partial charge in [-0.05, 0) is 54.1 Å². The highest BCUT2D eigenvalue weighted by atomic mass is 16.5. The molecule has 3 rings (SSSR count). The molecule has 1 amide bonds. The Morgan fingerprint density at radius 2 is 1.78 bits per heavy atom. The van der Waals surface area contributed by atoms with Crippen LogP contribution in [0.4, 0.5) is 4.79 Å². The van der Waals surface area contributed by atoms with E-state index in [2.05, 4.69) is 60.0 Å². The first-order valence-corrected chi connectivity index (χ1v) is 13.6. The summed E-state index contributed by atoms with van der Waals surface area (Å²) in [4.78, 5) is 17.7. The van der Waals surface area contributed by atoms with Crippen LogP contribution in [0.5, 0.6) is 5.75 Å². The highest BCUT2D eigenvalue weighted by Crippen LogP contribution is 2.45. The monoisotopic (exact) mass is 517 g/mol. The third-order valence-electron chi connectivity index (χ3n) is 7.78. The van der Waals surface area contributed by atoms with E-state index in [9.17, 15) is 9.90 Å². The molecule has 2 heterocycles. The van der Waals surface area contributed by atoms with Crippen LogP contribution in [0, 0.1) is 16.2 Å². The van der Waals surface area contributed by atoms with Gasteiger partial charge in [0.05, 0.1) is 12.6 Å². The molecule has 1 atom stereocenters. The number of methoxy groups -OCH3 is 2. The molecule has 1 aromatic carbocycles. The van der Waals surface area contributed by atoms with Gasteiger partial charge in [-0.1, -0.05) is 61.5 Å². The van der Waals surface area contributed by atoms with Gasteiger partial charge in [0, 0.05) is 39.3 Å². The number of carboxylic acid groups (broad SMARTS) is 1. The van der Waals surface area contributed by atoms with Crippen LogP contribution in [-0.4, -0.2) is 59.6 Å². The number of hydrogen-bond donors (Lipinski definition) is 1. The maximum Gasteiger partial charge on any atom is 0.407 e. The van der Waals surface area contributed by atoms with Gasteiger partial charge in [0.15, 0.2) is 0 Å². The molecule has 7 heteroatoms. The van der Waals surface area contributed by atoms with Crippen molar-refractivity contribution in [1.82, 2.24) is 14.5 Å². The fourth-order valence-electron chi connectivity index (χ4n) is 5.17. The quantitative estimate of drug-likeness (QED) is 0.386. The molecule has 0 spiro atoms. The van der Waals surface area contributed by atoms with Gasteiger partial charge in [0.1, 0.15) is 17.1 Å². The molecule has 1 aromatic heterocycles. The normalized spacial score (nSPS) is 16.9. The number of fused-ring (bicyclic) bond motifs is 1. The summed E-state index contributed by atoms with van der Waals surface area (Å²) in [5.41, 5.74) is 3.13. The minimum absolute atomic E-state index is 0.101. The summed E-state index contributed by atoms with van der Waals surface area (Å²) in [7, 11) is 3.34. The van der Waals surface area contributed by atoms with Crippen molar-refractivity contribution in [1.29, 1.82) is 0 Å². The molecular weight excluding hydrogens is 466 g/mol. The number of hydrogen-bond acceptors (Lipinski definition) is 4. The lowest BCUT2D eigenvalue weighted by atomic mass is 9.63. The summed E-state index contributed by atoms with van der Waals surface area (Å²) in [5, 5.41) is 9.33. The second-order valence-electron chi connectivity index (χ2n) is 13.2. The summed E-state index contributed by atoms with van der Waals surface area (Å²) in [6.07, 6.45) is 3.10. The molecule has 1 aliphatic heterocycles. The van der Waals surface area contributed by atoms with Crippen LogP contribution in [0.1, 0.15) is 92.8 Å². The lowest BCUT2D eigenvalue weighted by Crippen LogP contribution is -2.38. The number of piperidine rings is 1. The molecule has 2 aromatic rings. The Bertz CT molecular complexity index is 1010. The zero-order chi connectivity index (χ0) is 28.0. The fourth-order valence-corrected chi connectivity index (χ4v) is 5.17. The van der Waals surface area contributed by atoms with Crippen molar-refractivity contribution < 1.29 is 19.4 Å². The molecule has 0 bridgehead atoms. The number of aromatic nitrogens is 2. The second kappa shape index (κ2) is 12.5. The third-order valence-corrected chi connectivity index (χ3v) is 7.78. The molecule has 0 saturated carbocycles. The molecule has 210 valence electrons. The van der Waals surface area contributed by atoms with E-state index < -0.39 is 6.09 Å². The molecule has 0 aliphatic carbocycles. The van der Waals surface area contributed by atoms with Crippen LogP contribution in [0.2, 0.25) is 0 Å². The summed E-state index contributed by atoms with van der Waals surface area (Å²) in [5.74, 6) is 1.79. The zero-order valence-electron chi connectivity index (χ0n) is 25.0. The van der Waals surface area contributed by atoms with Gasteiger partial charge >= 0.3 is 6.09 Å². The topological polar surface area (TPSA) is 76.8 Å². The van der Waals surface area contributed by atoms with E-state index in [0.29, 0.717) is 35.9 Å². The van der Waals surface area contributed by atoms with E-state index in [1.807, 2.05) is 18.2 Å². The van der Waals surface area contributed by atoms with Crippen LogP contribution < -0.4 is 4.74 Å². The molecule has 1 fully saturated rings. The van der Waals surface area contributed by atoms with Crippen molar-refractivity contribution in [2.75, 3.05) is 33.9 Å². The average molecular weight is 518 g/mol. The van der Waals surface area contributed by atoms with E-state index in [4.69, 9.17) is 14.5 Å². The van der Waals surface area contributed by atoms with Gasteiger partial charge in [-0.2, -0.15) is 0 Å². The standard InChI is InChI=1S/C18H25N3O4.C12H26/c1-24-11-5-10-21-14-7-3-8-15(25-2)16(14)19-17(21)13-6-4-9-20(12-13)18(22)23;1-10(2,3)9-12(7,8)11(4,5)6/h3,7-8,13H,4-6,9-12H2,1-2H3,(H,22,23);9H2,1-8H3/t13-;/m1./s1. The fraction of sp³-hybridized carbons (Fsp3) is 0.733. The first kappa shape index (κ1) is 30.9. The van der Waals surface area contributed by atoms with E-state index in [0.717, 1.165) is 48.4 Å². The number of carbonyl (C=O) groups is 1. The SMILES string of the molecule is CC(C)(C)CC(C)(C)C(C)(C)C.COCCCn1c([C@@H]2CCCN(C(=O)O)C2)nc2c(OC)cccc21. The minimum atomic E-state index is -0.857. The van der Waals surface area contributed by atoms with E-state index in [1.54, 1.807) is 14.2 Å². The highest BCUT2D eigenvalue weighted by molar-refractivity contribution is 5.82. The second-order valence-corrected chi connectivity index (χ2v) is 13.2. The molecule has 1 N–H and O–H groups in total. The van der Waals surface area contributed by atoms with Gasteiger partial charge in [-0.3, -0.25) is 0 Å². The summed E-state index contributed by atoms with van der Waals surface area (Å²) < 4.78 is 12.9. The van der Waals surface area contributed by atoms with Crippen molar-refractivity contribution in [3.05, 3.63) is 24.0 Å². The maximum absolute atomic E-state index is 11.4. The van der Waals surface area contributed by atoms with Crippen LogP contribution in [0.25, 0.3) is 11.0 Å². The molecule has 1 saturated heterocycles. The number of benzene rings is 1. The number of amides is 1. The summed E-state index contributed by atoms with van der Waals surface area (Å²) in [6.45, 7) is 21.3. The number of likely N-dealkylation sites (tertiary alicyclic amines) is 1. The highest BCUT2D eigenvalue weighted by Gasteiger charge is 2.36. The average Bonchev–Trinajstić information content (AvgIpc) is 3.16. The molecule has 0 unspecified atom stereocenters. The van der Waals surface area contributed by atoms with Crippen molar-refractivity contribution in [2.24, 2.45) is 16.2 Å². The van der Waals surface area contributed by atoms with Crippen molar-refractivity contribution in [3.8, 4) is 5.75 Å². The van der Waals surface area contributed by atoms with Crippen molar-refractivity contribution in [3.63, 3.8) is 0 Å². The summed E-state index contributed by atoms with van der Waals surface area (Å²) in [6, 6.07) is 5.91. The van der Waals surface area contributed by atoms with Crippen LogP contribution in [0.3, 0.4) is 0 Å². The first-order chi connectivity index (χ1) is 17.1. The Labute approximate surface area is 224 Å². The maximum atomic E-state index is 11.4. The Morgan fingerprint density at radius 3 is 2.30 bits per heavy atom. The Morgan fingerprint density at radius 1 is 1.11 bits per heavy atom. The molecular formula is C30H51N3O4. The Kier molecular flexibility index (Phi) is 10.5. The molecule has 7 nitrogen and oxygen atoms in total. The van der Waals surface area contributed by atoms with Crippen LogP contribution in [-0.2, 0) is 11.3 Å². The Hall–Kier alpha value is -2.28. The van der Waals surface area contributed by atoms with E-state index in [1.165, 1.54) is 11.3 Å². The minimum Gasteiger partial charge on any atom is -0.494 e. The van der Waals surface area contributed by atoms with E-state index >= 15 is 0 Å². The lowest BCUT2D eigenvalue weighted by Gasteiger charge is -2.43. The smallest absolute Gasteiger partial charge is 0.407 e. The number of aryl methyl sites for hydroxylation is 1. The van der Waals surface area contributed by atoms with E-state index in [-0.39, 0.29) is 5.92 Å². The largest absolute Gasteiger partial charge is 0.494 e. The third kappa shape index (κ3) is 8.36. The first-order valence-electron chi connectivity index (χ1n) is 13.6. The van der Waals surface area contributed by atoms with Gasteiger partial charge < -0.3 is 24.0 Å². The van der Waals surface area contributed by atoms with Crippen molar-refractivity contribution >= 4 is 17.1 Å². The number of ether oxygens (including phenoxy) is 2. The van der Waals surface area contributed by atoms with Gasteiger partial charge in [-0.15, -0.1) is 0 Å². The lowest BCUT2D eigenvalue weighted by molar-refractivity contribution is 0.0743. The predicted octanol–water partition coefficient (Wildman–Crippen LogP) is 7.43. The number of rotatable bonds is 7. The zero-order valence-corrected chi connectivity index (χ0v) is 25.0. The van der Waals surface area contributed by atoms with Crippen LogP contribution >= 0.6 is 0 Å². The molecule has 0 radical (unpaired) electrons. The van der Waals surface area contributed by atoms with Gasteiger partial charge in [0.25, 0.3) is 0 Å². The molecule has 37 heavy (non-hydrogen) atoms. The number of para-hydroxylation sites is 1. The Balaban J connectivity index is 0.000000341. The van der Waals surface area contributed by atoms with Gasteiger partial charge in [-0.25, -0.2) is 9.78 Å². The summed E-state index contributed by atoms with van der Waals surface area (Å²) >= 11 is 0. The predicted molar refractivity (Wildman–Crippen MR) is 152 cm³/mol. The number of nitrogens with zero attached hydrogens (tertiary/aromatic N) is 3.